The van der Waals surface area contributed by atoms with E-state index in [2.05, 4.69) is 18.3 Å². The average molecular weight is 317 g/mol. The zero-order valence-corrected chi connectivity index (χ0v) is 13.8. The third kappa shape index (κ3) is 2.93. The molecule has 1 unspecified atom stereocenters. The Balaban J connectivity index is 2.23. The number of carbonyl (C=O) groups is 1. The van der Waals surface area contributed by atoms with Crippen LogP contribution in [-0.4, -0.2) is 17.7 Å². The zero-order valence-electron chi connectivity index (χ0n) is 13.8. The van der Waals surface area contributed by atoms with Gasteiger partial charge in [0.15, 0.2) is 0 Å². The van der Waals surface area contributed by atoms with Gasteiger partial charge in [-0.25, -0.2) is 0 Å². The maximum absolute atomic E-state index is 12.6. The van der Waals surface area contributed by atoms with Gasteiger partial charge in [0, 0.05) is 11.1 Å². The molecule has 0 aromatic heterocycles. The van der Waals surface area contributed by atoms with Gasteiger partial charge in [0.2, 0.25) is 5.91 Å². The number of hydrogen-bond acceptors (Lipinski definition) is 3. The fraction of sp³-hybridized carbons (Fsp3) is 0.250. The van der Waals surface area contributed by atoms with Crippen LogP contribution >= 0.6 is 0 Å². The van der Waals surface area contributed by atoms with Crippen LogP contribution in [-0.2, 0) is 4.79 Å². The van der Waals surface area contributed by atoms with Crippen LogP contribution in [0.5, 0.6) is 0 Å². The predicted octanol–water partition coefficient (Wildman–Crippen LogP) is 3.76. The number of aliphatic imine (C=N–C) groups is 1. The van der Waals surface area contributed by atoms with E-state index in [4.69, 9.17) is 4.99 Å². The van der Waals surface area contributed by atoms with Crippen molar-refractivity contribution >= 4 is 17.3 Å². The van der Waals surface area contributed by atoms with Gasteiger partial charge < -0.3 is 5.32 Å². The van der Waals surface area contributed by atoms with Crippen LogP contribution in [0.3, 0.4) is 0 Å². The maximum Gasteiger partial charge on any atom is 0.249 e. The maximum atomic E-state index is 12.6. The lowest BCUT2D eigenvalue weighted by molar-refractivity contribution is -0.118. The van der Waals surface area contributed by atoms with E-state index in [0.29, 0.717) is 11.3 Å². The first-order valence-corrected chi connectivity index (χ1v) is 8.12. The summed E-state index contributed by atoms with van der Waals surface area (Å²) in [7, 11) is 0. The molecule has 2 atom stereocenters. The molecule has 0 bridgehead atoms. The molecule has 0 saturated carbocycles. The van der Waals surface area contributed by atoms with Crippen LogP contribution in [0.4, 0.5) is 5.69 Å². The lowest BCUT2D eigenvalue weighted by atomic mass is 9.97. The Kier molecular flexibility index (Phi) is 4.43. The molecular weight excluding hydrogens is 298 g/mol. The van der Waals surface area contributed by atoms with Gasteiger partial charge in [-0.2, -0.15) is 5.26 Å². The van der Waals surface area contributed by atoms with Gasteiger partial charge in [-0.15, -0.1) is 0 Å². The normalized spacial score (nSPS) is 17.8. The Labute approximate surface area is 141 Å². The minimum absolute atomic E-state index is 0.0961. The molecule has 0 radical (unpaired) electrons. The van der Waals surface area contributed by atoms with Gasteiger partial charge in [0.05, 0.1) is 23.0 Å². The van der Waals surface area contributed by atoms with Crippen molar-refractivity contribution in [3.05, 3.63) is 65.2 Å². The number of amides is 1. The molecule has 1 heterocycles. The standard InChI is InChI=1S/C20H19N3O/c1-3-13(2)18-20(24)22-17-10-9-14(12-21)11-16(17)19(23-18)15-7-5-4-6-8-15/h4-11,13,18H,3H2,1-2H3,(H,22,24)/t13?,18-/m0/s1. The van der Waals surface area contributed by atoms with E-state index in [9.17, 15) is 10.1 Å². The molecule has 0 aliphatic carbocycles. The molecule has 4 heteroatoms. The summed E-state index contributed by atoms with van der Waals surface area (Å²) in [6, 6.07) is 16.8. The van der Waals surface area contributed by atoms with E-state index in [1.807, 2.05) is 37.3 Å². The van der Waals surface area contributed by atoms with Crippen molar-refractivity contribution in [3.63, 3.8) is 0 Å². The number of nitrogens with one attached hydrogen (secondary N) is 1. The number of hydrogen-bond donors (Lipinski definition) is 1. The van der Waals surface area contributed by atoms with Crippen molar-refractivity contribution in [2.75, 3.05) is 5.32 Å². The number of fused-ring (bicyclic) bond motifs is 1. The summed E-state index contributed by atoms with van der Waals surface area (Å²) in [5, 5.41) is 12.2. The molecule has 1 aliphatic rings. The molecule has 1 aliphatic heterocycles. The summed E-state index contributed by atoms with van der Waals surface area (Å²) in [5.74, 6) is 0.0368. The topological polar surface area (TPSA) is 65.2 Å². The van der Waals surface area contributed by atoms with Gasteiger partial charge >= 0.3 is 0 Å². The Morgan fingerprint density at radius 3 is 2.67 bits per heavy atom. The van der Waals surface area contributed by atoms with Crippen molar-refractivity contribution in [2.24, 2.45) is 10.9 Å². The zero-order chi connectivity index (χ0) is 17.1. The van der Waals surface area contributed by atoms with Crippen molar-refractivity contribution in [1.82, 2.24) is 0 Å². The number of rotatable bonds is 3. The molecule has 24 heavy (non-hydrogen) atoms. The minimum Gasteiger partial charge on any atom is -0.324 e. The first kappa shape index (κ1) is 15.9. The van der Waals surface area contributed by atoms with Gasteiger partial charge in [-0.1, -0.05) is 50.6 Å². The highest BCUT2D eigenvalue weighted by Crippen LogP contribution is 2.27. The molecule has 0 saturated heterocycles. The Morgan fingerprint density at radius 2 is 2.00 bits per heavy atom. The number of nitriles is 1. The second kappa shape index (κ2) is 6.67. The minimum atomic E-state index is -0.442. The molecule has 120 valence electrons. The highest BCUT2D eigenvalue weighted by molar-refractivity contribution is 6.19. The van der Waals surface area contributed by atoms with E-state index in [-0.39, 0.29) is 11.8 Å². The quantitative estimate of drug-likeness (QED) is 0.936. The van der Waals surface area contributed by atoms with E-state index < -0.39 is 6.04 Å². The summed E-state index contributed by atoms with van der Waals surface area (Å²) < 4.78 is 0. The Hall–Kier alpha value is -2.93. The van der Waals surface area contributed by atoms with Crippen molar-refractivity contribution in [3.8, 4) is 6.07 Å². The van der Waals surface area contributed by atoms with Gasteiger partial charge in [-0.3, -0.25) is 9.79 Å². The monoisotopic (exact) mass is 317 g/mol. The Morgan fingerprint density at radius 1 is 1.25 bits per heavy atom. The number of carbonyl (C=O) groups excluding carboxylic acids is 1. The molecule has 3 rings (SSSR count). The summed E-state index contributed by atoms with van der Waals surface area (Å²) >= 11 is 0. The largest absolute Gasteiger partial charge is 0.324 e. The van der Waals surface area contributed by atoms with Crippen LogP contribution in [0.2, 0.25) is 0 Å². The molecule has 0 fully saturated rings. The van der Waals surface area contributed by atoms with Crippen molar-refractivity contribution < 1.29 is 4.79 Å². The SMILES string of the molecule is CCC(C)[C@@H]1N=C(c2ccccc2)c2cc(C#N)ccc2NC1=O. The highest BCUT2D eigenvalue weighted by atomic mass is 16.2. The van der Waals surface area contributed by atoms with Crippen LogP contribution in [0.25, 0.3) is 0 Å². The van der Waals surface area contributed by atoms with Gasteiger partial charge in [0.25, 0.3) is 0 Å². The third-order valence-electron chi connectivity index (χ3n) is 4.43. The molecule has 1 amide bonds. The first-order chi connectivity index (χ1) is 11.6. The molecule has 0 spiro atoms. The number of benzene rings is 2. The lowest BCUT2D eigenvalue weighted by Gasteiger charge is -2.17. The second-order valence-electron chi connectivity index (χ2n) is 6.04. The third-order valence-corrected chi connectivity index (χ3v) is 4.43. The molecular formula is C20H19N3O. The van der Waals surface area contributed by atoms with Gasteiger partial charge in [-0.05, 0) is 24.1 Å². The highest BCUT2D eigenvalue weighted by Gasteiger charge is 2.29. The average Bonchev–Trinajstić information content (AvgIpc) is 2.77. The molecule has 1 N–H and O–H groups in total. The second-order valence-corrected chi connectivity index (χ2v) is 6.04. The fourth-order valence-electron chi connectivity index (χ4n) is 2.83. The number of anilines is 1. The summed E-state index contributed by atoms with van der Waals surface area (Å²) in [5.41, 5.74) is 3.74. The molecule has 2 aromatic rings. The smallest absolute Gasteiger partial charge is 0.249 e. The van der Waals surface area contributed by atoms with Gasteiger partial charge in [0.1, 0.15) is 6.04 Å². The molecule has 2 aromatic carbocycles. The number of benzodiazepines with no additional fused rings is 1. The van der Waals surface area contributed by atoms with Crippen LogP contribution in [0.15, 0.2) is 53.5 Å². The number of nitrogens with zero attached hydrogens (tertiary/aromatic N) is 2. The van der Waals surface area contributed by atoms with E-state index in [1.54, 1.807) is 18.2 Å². The predicted molar refractivity (Wildman–Crippen MR) is 95.1 cm³/mol. The van der Waals surface area contributed by atoms with Crippen LogP contribution in [0, 0.1) is 17.2 Å². The molecule has 4 nitrogen and oxygen atoms in total. The van der Waals surface area contributed by atoms with Crippen LogP contribution in [0.1, 0.15) is 37.0 Å². The van der Waals surface area contributed by atoms with Crippen molar-refractivity contribution in [2.45, 2.75) is 26.3 Å². The van der Waals surface area contributed by atoms with E-state index >= 15 is 0 Å². The summed E-state index contributed by atoms with van der Waals surface area (Å²) in [4.78, 5) is 17.4. The fourth-order valence-corrected chi connectivity index (χ4v) is 2.83. The van der Waals surface area contributed by atoms with E-state index in [1.165, 1.54) is 0 Å². The van der Waals surface area contributed by atoms with Crippen LogP contribution < -0.4 is 5.32 Å². The summed E-state index contributed by atoms with van der Waals surface area (Å²) in [6.07, 6.45) is 0.865. The Bertz CT molecular complexity index is 834. The van der Waals surface area contributed by atoms with E-state index in [0.717, 1.165) is 23.3 Å². The summed E-state index contributed by atoms with van der Waals surface area (Å²) in [6.45, 7) is 4.09. The first-order valence-electron chi connectivity index (χ1n) is 8.12. The van der Waals surface area contributed by atoms with Crippen molar-refractivity contribution in [1.29, 1.82) is 5.26 Å². The lowest BCUT2D eigenvalue weighted by Crippen LogP contribution is -2.31.